The molecule has 0 saturated heterocycles. The van der Waals surface area contributed by atoms with Crippen LogP contribution in [-0.4, -0.2) is 64.2 Å². The number of halogens is 3. The highest BCUT2D eigenvalue weighted by Crippen LogP contribution is 2.31. The fraction of sp³-hybridized carbons (Fsp3) is 0.700. The summed E-state index contributed by atoms with van der Waals surface area (Å²) in [7, 11) is 1.44. The van der Waals surface area contributed by atoms with Gasteiger partial charge in [-0.1, -0.05) is 5.21 Å². The number of aliphatic hydroxyl groups is 1. The molecule has 0 spiro atoms. The van der Waals surface area contributed by atoms with Crippen molar-refractivity contribution in [3.63, 3.8) is 0 Å². The Bertz CT molecular complexity index is 477. The molecule has 0 aliphatic heterocycles. The lowest BCUT2D eigenvalue weighted by atomic mass is 10.3. The van der Waals surface area contributed by atoms with E-state index < -0.39 is 36.2 Å². The molecule has 1 rings (SSSR count). The zero-order chi connectivity index (χ0) is 16.0. The molecule has 1 heterocycles. The van der Waals surface area contributed by atoms with E-state index in [0.29, 0.717) is 4.68 Å². The molecular formula is C10H14F3N3O5. The number of hydrogen-bond acceptors (Lipinski definition) is 6. The summed E-state index contributed by atoms with van der Waals surface area (Å²) in [5.74, 6) is -1.85. The quantitative estimate of drug-likeness (QED) is 0.651. The summed E-state index contributed by atoms with van der Waals surface area (Å²) < 4.78 is 48.4. The number of rotatable bonds is 8. The van der Waals surface area contributed by atoms with Gasteiger partial charge in [0.15, 0.2) is 5.69 Å². The van der Waals surface area contributed by atoms with E-state index >= 15 is 0 Å². The van der Waals surface area contributed by atoms with Crippen molar-refractivity contribution >= 4 is 5.97 Å². The van der Waals surface area contributed by atoms with Gasteiger partial charge in [-0.2, -0.15) is 13.2 Å². The normalized spacial score (nSPS) is 13.4. The number of nitrogens with zero attached hydrogens (tertiary/aromatic N) is 3. The highest BCUT2D eigenvalue weighted by Gasteiger charge is 2.41. The highest BCUT2D eigenvalue weighted by atomic mass is 19.4. The third kappa shape index (κ3) is 4.95. The summed E-state index contributed by atoms with van der Waals surface area (Å²) in [6, 6.07) is 0. The second-order valence-electron chi connectivity index (χ2n) is 3.99. The Kier molecular flexibility index (Phi) is 6.05. The highest BCUT2D eigenvalue weighted by molar-refractivity contribution is 5.86. The minimum atomic E-state index is -4.95. The number of methoxy groups -OCH3 is 1. The number of aromatic nitrogens is 3. The Morgan fingerprint density at radius 2 is 2.10 bits per heavy atom. The molecule has 0 bridgehead atoms. The number of aliphatic hydroxyl groups excluding tert-OH is 1. The lowest BCUT2D eigenvalue weighted by Crippen LogP contribution is -2.27. The van der Waals surface area contributed by atoms with Crippen LogP contribution < -0.4 is 0 Å². The van der Waals surface area contributed by atoms with E-state index in [4.69, 9.17) is 9.84 Å². The summed E-state index contributed by atoms with van der Waals surface area (Å²) in [4.78, 5) is 10.7. The zero-order valence-electron chi connectivity index (χ0n) is 11.0. The number of carboxylic acid groups (broad SMARTS) is 1. The Hall–Kier alpha value is -1.72. The van der Waals surface area contributed by atoms with E-state index in [0.717, 1.165) is 0 Å². The van der Waals surface area contributed by atoms with Crippen molar-refractivity contribution in [2.45, 2.75) is 18.8 Å². The van der Waals surface area contributed by atoms with Gasteiger partial charge in [0.25, 0.3) is 0 Å². The molecule has 21 heavy (non-hydrogen) atoms. The third-order valence-electron chi connectivity index (χ3n) is 2.33. The molecule has 0 saturated carbocycles. The number of carbonyl (C=O) groups is 1. The molecule has 0 radical (unpaired) electrons. The monoisotopic (exact) mass is 313 g/mol. The van der Waals surface area contributed by atoms with E-state index in [-0.39, 0.29) is 19.8 Å². The SMILES string of the molecule is COCCOCC(O)Cn1nnc(C(=O)O)c1C(F)(F)F. The van der Waals surface area contributed by atoms with Crippen LogP contribution in [0, 0.1) is 0 Å². The van der Waals surface area contributed by atoms with Crippen LogP contribution in [0.25, 0.3) is 0 Å². The van der Waals surface area contributed by atoms with Crippen LogP contribution in [0.2, 0.25) is 0 Å². The molecule has 0 fully saturated rings. The number of aromatic carboxylic acids is 1. The van der Waals surface area contributed by atoms with Crippen molar-refractivity contribution in [1.29, 1.82) is 0 Å². The van der Waals surface area contributed by atoms with E-state index in [2.05, 4.69) is 15.0 Å². The maximum Gasteiger partial charge on any atom is 0.435 e. The molecule has 1 unspecified atom stereocenters. The predicted molar refractivity (Wildman–Crippen MR) is 60.7 cm³/mol. The largest absolute Gasteiger partial charge is 0.476 e. The average molecular weight is 313 g/mol. The maximum absolute atomic E-state index is 12.8. The fourth-order valence-electron chi connectivity index (χ4n) is 1.48. The lowest BCUT2D eigenvalue weighted by Gasteiger charge is -2.14. The van der Waals surface area contributed by atoms with Gasteiger partial charge in [0.2, 0.25) is 5.69 Å². The van der Waals surface area contributed by atoms with E-state index in [1.165, 1.54) is 7.11 Å². The van der Waals surface area contributed by atoms with Crippen LogP contribution in [0.4, 0.5) is 13.2 Å². The van der Waals surface area contributed by atoms with Gasteiger partial charge in [-0.15, -0.1) is 5.10 Å². The molecule has 0 aromatic carbocycles. The van der Waals surface area contributed by atoms with Gasteiger partial charge in [0, 0.05) is 7.11 Å². The molecule has 0 amide bonds. The molecule has 120 valence electrons. The maximum atomic E-state index is 12.8. The second kappa shape index (κ2) is 7.33. The van der Waals surface area contributed by atoms with Gasteiger partial charge < -0.3 is 19.7 Å². The van der Waals surface area contributed by atoms with Gasteiger partial charge >= 0.3 is 12.1 Å². The minimum absolute atomic E-state index is 0.164. The van der Waals surface area contributed by atoms with Gasteiger partial charge in [0.05, 0.1) is 32.5 Å². The molecule has 1 aromatic heterocycles. The van der Waals surface area contributed by atoms with Crippen LogP contribution in [-0.2, 0) is 22.2 Å². The Balaban J connectivity index is 2.77. The number of hydrogen-bond donors (Lipinski definition) is 2. The molecule has 2 N–H and O–H groups in total. The Morgan fingerprint density at radius 1 is 1.43 bits per heavy atom. The minimum Gasteiger partial charge on any atom is -0.476 e. The summed E-state index contributed by atoms with van der Waals surface area (Å²) in [5, 5.41) is 24.3. The van der Waals surface area contributed by atoms with Gasteiger partial charge in [-0.3, -0.25) is 0 Å². The van der Waals surface area contributed by atoms with E-state index in [1.807, 2.05) is 0 Å². The molecule has 0 aliphatic carbocycles. The van der Waals surface area contributed by atoms with Crippen LogP contribution in [0.15, 0.2) is 0 Å². The lowest BCUT2D eigenvalue weighted by molar-refractivity contribution is -0.145. The van der Waals surface area contributed by atoms with Crippen molar-refractivity contribution in [2.75, 3.05) is 26.9 Å². The number of carboxylic acids is 1. The fourth-order valence-corrected chi connectivity index (χ4v) is 1.48. The smallest absolute Gasteiger partial charge is 0.435 e. The van der Waals surface area contributed by atoms with Crippen LogP contribution >= 0.6 is 0 Å². The van der Waals surface area contributed by atoms with Crippen LogP contribution in [0.1, 0.15) is 16.2 Å². The average Bonchev–Trinajstić information content (AvgIpc) is 2.78. The molecule has 0 aliphatic rings. The van der Waals surface area contributed by atoms with Crippen molar-refractivity contribution in [2.24, 2.45) is 0 Å². The Morgan fingerprint density at radius 3 is 2.62 bits per heavy atom. The van der Waals surface area contributed by atoms with Crippen molar-refractivity contribution < 1.29 is 37.7 Å². The van der Waals surface area contributed by atoms with Crippen molar-refractivity contribution in [3.8, 4) is 0 Å². The zero-order valence-corrected chi connectivity index (χ0v) is 11.0. The predicted octanol–water partition coefficient (Wildman–Crippen LogP) is 0.0190. The number of alkyl halides is 3. The van der Waals surface area contributed by atoms with E-state index in [9.17, 15) is 23.1 Å². The summed E-state index contributed by atoms with van der Waals surface area (Å²) in [6.07, 6.45) is -6.25. The van der Waals surface area contributed by atoms with Crippen molar-refractivity contribution in [1.82, 2.24) is 15.0 Å². The molecule has 1 aromatic rings. The van der Waals surface area contributed by atoms with E-state index in [1.54, 1.807) is 0 Å². The topological polar surface area (TPSA) is 107 Å². The summed E-state index contributed by atoms with van der Waals surface area (Å²) in [6.45, 7) is -0.407. The first-order chi connectivity index (χ1) is 9.77. The van der Waals surface area contributed by atoms with Gasteiger partial charge in [-0.05, 0) is 0 Å². The first kappa shape index (κ1) is 17.3. The third-order valence-corrected chi connectivity index (χ3v) is 2.33. The van der Waals surface area contributed by atoms with Gasteiger partial charge in [-0.25, -0.2) is 9.48 Å². The molecule has 1 atom stereocenters. The standard InChI is InChI=1S/C10H14F3N3O5/c1-20-2-3-21-5-6(17)4-16-8(10(11,12)13)7(9(18)19)14-15-16/h6,17H,2-5H2,1H3,(H,18,19). The van der Waals surface area contributed by atoms with Crippen LogP contribution in [0.5, 0.6) is 0 Å². The first-order valence-corrected chi connectivity index (χ1v) is 5.76. The Labute approximate surface area is 117 Å². The second-order valence-corrected chi connectivity index (χ2v) is 3.99. The molecule has 8 nitrogen and oxygen atoms in total. The first-order valence-electron chi connectivity index (χ1n) is 5.76. The van der Waals surface area contributed by atoms with Crippen molar-refractivity contribution in [3.05, 3.63) is 11.4 Å². The van der Waals surface area contributed by atoms with Crippen LogP contribution in [0.3, 0.4) is 0 Å². The summed E-state index contributed by atoms with van der Waals surface area (Å²) >= 11 is 0. The number of ether oxygens (including phenoxy) is 2. The molecular weight excluding hydrogens is 299 g/mol. The van der Waals surface area contributed by atoms with Gasteiger partial charge in [0.1, 0.15) is 0 Å². The summed E-state index contributed by atoms with van der Waals surface area (Å²) in [5.41, 5.74) is -2.74. The molecule has 11 heteroatoms.